The largest absolute Gasteiger partial charge is 0.459 e. The van der Waals surface area contributed by atoms with Gasteiger partial charge in [-0.15, -0.1) is 6.58 Å². The van der Waals surface area contributed by atoms with Crippen LogP contribution in [0.1, 0.15) is 80.0 Å². The normalized spacial score (nSPS) is 24.3. The zero-order chi connectivity index (χ0) is 41.5. The molecule has 1 amide bonds. The highest BCUT2D eigenvalue weighted by Gasteiger charge is 2.65. The Morgan fingerprint density at radius 2 is 1.69 bits per heavy atom. The second-order valence-corrected chi connectivity index (χ2v) is 15.8. The standard InChI is InChI=1S/C47H58N2O10/c1-6-22-57-47-43(49(46(52)54-7-2)28-32-15-18-41-42(24-32)56-29-55-41)27-39(48-53-5)37-25-33(12-8-10-20-50)36(13-9-11-21-51)44(45(37)47)38-26-35(17-19-40(38)59-47)58-34-16-14-30(3)31(4)23-34/h6,14-19,23-26,33,36,43-45,50-51H,1,7-13,20-22,27-29H2,2-5H3/t33-,36+,43-,44+,45+,47+/m0/s1. The molecule has 316 valence electrons. The number of hydrogen-bond acceptors (Lipinski definition) is 11. The van der Waals surface area contributed by atoms with E-state index in [2.05, 4.69) is 43.8 Å². The third-order valence-electron chi connectivity index (χ3n) is 12.2. The maximum absolute atomic E-state index is 14.4. The average Bonchev–Trinajstić information content (AvgIpc) is 3.71. The minimum absolute atomic E-state index is 0.0627. The van der Waals surface area contributed by atoms with Gasteiger partial charge in [-0.1, -0.05) is 42.3 Å². The molecule has 1 fully saturated rings. The lowest BCUT2D eigenvalue weighted by molar-refractivity contribution is -0.256. The highest BCUT2D eigenvalue weighted by Crippen LogP contribution is 2.62. The van der Waals surface area contributed by atoms with E-state index < -0.39 is 23.8 Å². The number of hydrogen-bond donors (Lipinski definition) is 2. The maximum atomic E-state index is 14.4. The summed E-state index contributed by atoms with van der Waals surface area (Å²) in [5, 5.41) is 24.5. The quantitative estimate of drug-likeness (QED) is 0.0729. The molecule has 4 aliphatic rings. The number of allylic oxidation sites excluding steroid dienone is 1. The fourth-order valence-corrected chi connectivity index (χ4v) is 9.48. The average molecular weight is 811 g/mol. The van der Waals surface area contributed by atoms with E-state index in [1.54, 1.807) is 17.9 Å². The van der Waals surface area contributed by atoms with Gasteiger partial charge in [-0.3, -0.25) is 4.90 Å². The Labute approximate surface area is 347 Å². The van der Waals surface area contributed by atoms with E-state index in [-0.39, 0.29) is 63.9 Å². The number of aliphatic hydroxyl groups is 2. The summed E-state index contributed by atoms with van der Waals surface area (Å²) in [4.78, 5) is 21.7. The Morgan fingerprint density at radius 3 is 2.44 bits per heavy atom. The number of oxime groups is 1. The van der Waals surface area contributed by atoms with Crippen LogP contribution in [0.4, 0.5) is 4.79 Å². The molecule has 1 saturated carbocycles. The zero-order valence-corrected chi connectivity index (χ0v) is 34.7. The molecule has 0 spiro atoms. The first-order chi connectivity index (χ1) is 28.7. The van der Waals surface area contributed by atoms with E-state index in [4.69, 9.17) is 33.3 Å². The smallest absolute Gasteiger partial charge is 0.410 e. The summed E-state index contributed by atoms with van der Waals surface area (Å²) >= 11 is 0. The Bertz CT molecular complexity index is 2030. The first-order valence-electron chi connectivity index (χ1n) is 20.9. The van der Waals surface area contributed by atoms with Crippen LogP contribution in [0.3, 0.4) is 0 Å². The van der Waals surface area contributed by atoms with Crippen LogP contribution in [0.2, 0.25) is 0 Å². The molecule has 0 bridgehead atoms. The van der Waals surface area contributed by atoms with Gasteiger partial charge in [0.2, 0.25) is 12.6 Å². The molecule has 3 aromatic carbocycles. The zero-order valence-electron chi connectivity index (χ0n) is 34.7. The van der Waals surface area contributed by atoms with Gasteiger partial charge in [0.25, 0.3) is 0 Å². The monoisotopic (exact) mass is 810 g/mol. The van der Waals surface area contributed by atoms with Crippen LogP contribution in [-0.2, 0) is 20.9 Å². The topological polar surface area (TPSA) is 138 Å². The number of aliphatic hydroxyl groups excluding tert-OH is 2. The third-order valence-corrected chi connectivity index (χ3v) is 12.2. The van der Waals surface area contributed by atoms with Crippen molar-refractivity contribution >= 4 is 11.8 Å². The van der Waals surface area contributed by atoms with E-state index in [1.807, 2.05) is 42.5 Å². The summed E-state index contributed by atoms with van der Waals surface area (Å²) in [6, 6.07) is 16.9. The van der Waals surface area contributed by atoms with Crippen molar-refractivity contribution in [2.75, 3.05) is 40.3 Å². The fourth-order valence-electron chi connectivity index (χ4n) is 9.48. The molecule has 0 radical (unpaired) electrons. The minimum Gasteiger partial charge on any atom is -0.459 e. The number of aryl methyl sites for hydroxylation is 2. The van der Waals surface area contributed by atoms with Gasteiger partial charge in [-0.05, 0) is 123 Å². The van der Waals surface area contributed by atoms with Crippen molar-refractivity contribution in [3.63, 3.8) is 0 Å². The van der Waals surface area contributed by atoms with E-state index in [0.29, 0.717) is 41.6 Å². The predicted molar refractivity (Wildman–Crippen MR) is 223 cm³/mol. The number of nitrogens with zero attached hydrogens (tertiary/aromatic N) is 2. The predicted octanol–water partition coefficient (Wildman–Crippen LogP) is 8.75. The van der Waals surface area contributed by atoms with Gasteiger partial charge in [0, 0.05) is 37.7 Å². The molecular weight excluding hydrogens is 753 g/mol. The van der Waals surface area contributed by atoms with E-state index in [1.165, 1.54) is 12.7 Å². The fraction of sp³-hybridized carbons (Fsp3) is 0.489. The van der Waals surface area contributed by atoms with E-state index >= 15 is 0 Å². The highest BCUT2D eigenvalue weighted by atomic mass is 16.7. The van der Waals surface area contributed by atoms with Gasteiger partial charge in [0.1, 0.15) is 30.4 Å². The lowest BCUT2D eigenvalue weighted by atomic mass is 9.55. The highest BCUT2D eigenvalue weighted by molar-refractivity contribution is 6.03. The first-order valence-corrected chi connectivity index (χ1v) is 20.9. The van der Waals surface area contributed by atoms with E-state index in [0.717, 1.165) is 53.7 Å². The second-order valence-electron chi connectivity index (χ2n) is 15.8. The SMILES string of the molecule is C=CCO[C@@]12Oc3ccc(Oc4ccc(C)c(C)c4)cc3[C@H]3[C@H](CCCCO)[C@@H](CCCCO)C=C(C(=NOC)C[C@@H]1N(Cc1ccc4c(c1)OCO4)C(=O)OCC)[C@H]32. The first kappa shape index (κ1) is 42.1. The van der Waals surface area contributed by atoms with Crippen LogP contribution in [0, 0.1) is 31.6 Å². The molecule has 0 unspecified atom stereocenters. The summed E-state index contributed by atoms with van der Waals surface area (Å²) in [7, 11) is 1.54. The number of amides is 1. The van der Waals surface area contributed by atoms with Crippen molar-refractivity contribution in [2.45, 2.75) is 90.0 Å². The second kappa shape index (κ2) is 18.9. The van der Waals surface area contributed by atoms with Crippen LogP contribution in [0.5, 0.6) is 28.7 Å². The molecule has 7 rings (SSSR count). The van der Waals surface area contributed by atoms with Crippen molar-refractivity contribution in [3.8, 4) is 28.7 Å². The molecule has 2 aliphatic heterocycles. The maximum Gasteiger partial charge on any atom is 0.410 e. The van der Waals surface area contributed by atoms with Crippen molar-refractivity contribution in [1.82, 2.24) is 4.90 Å². The molecule has 2 aliphatic carbocycles. The van der Waals surface area contributed by atoms with Gasteiger partial charge >= 0.3 is 6.09 Å². The Balaban J connectivity index is 1.43. The van der Waals surface area contributed by atoms with Crippen LogP contribution < -0.4 is 18.9 Å². The molecule has 0 saturated heterocycles. The molecule has 6 atom stereocenters. The van der Waals surface area contributed by atoms with Gasteiger partial charge in [-0.2, -0.15) is 0 Å². The van der Waals surface area contributed by atoms with Crippen molar-refractivity contribution < 1.29 is 48.3 Å². The number of carbonyl (C=O) groups is 1. The molecule has 59 heavy (non-hydrogen) atoms. The Morgan fingerprint density at radius 1 is 0.949 bits per heavy atom. The van der Waals surface area contributed by atoms with Crippen molar-refractivity contribution in [2.24, 2.45) is 22.9 Å². The van der Waals surface area contributed by atoms with Crippen LogP contribution >= 0.6 is 0 Å². The molecule has 2 N–H and O–H groups in total. The Hall–Kier alpha value is -5.04. The number of ether oxygens (including phenoxy) is 6. The Kier molecular flexibility index (Phi) is 13.5. The van der Waals surface area contributed by atoms with Gasteiger partial charge in [0.15, 0.2) is 11.5 Å². The lowest BCUT2D eigenvalue weighted by Gasteiger charge is -2.59. The molecule has 3 aromatic rings. The van der Waals surface area contributed by atoms with Crippen LogP contribution in [0.15, 0.2) is 84.1 Å². The summed E-state index contributed by atoms with van der Waals surface area (Å²) in [6.45, 7) is 10.8. The van der Waals surface area contributed by atoms with Crippen LogP contribution in [-0.4, -0.2) is 79.1 Å². The third kappa shape index (κ3) is 8.67. The number of benzene rings is 3. The molecule has 12 heteroatoms. The number of fused-ring (bicyclic) bond motifs is 3. The number of carbonyl (C=O) groups excluding carboxylic acids is 1. The van der Waals surface area contributed by atoms with Crippen LogP contribution in [0.25, 0.3) is 0 Å². The molecular formula is C47H58N2O10. The van der Waals surface area contributed by atoms with E-state index in [9.17, 15) is 15.0 Å². The van der Waals surface area contributed by atoms with Crippen molar-refractivity contribution in [3.05, 3.63) is 101 Å². The van der Waals surface area contributed by atoms with Gasteiger partial charge in [-0.25, -0.2) is 4.79 Å². The summed E-state index contributed by atoms with van der Waals surface area (Å²) in [5.74, 6) is 1.33. The molecule has 12 nitrogen and oxygen atoms in total. The molecule has 0 aromatic heterocycles. The lowest BCUT2D eigenvalue weighted by Crippen LogP contribution is -2.70. The summed E-state index contributed by atoms with van der Waals surface area (Å²) in [6.07, 6.45) is 8.38. The van der Waals surface area contributed by atoms with Gasteiger partial charge < -0.3 is 43.5 Å². The number of unbranched alkanes of at least 4 members (excludes halogenated alkanes) is 2. The molecule has 2 heterocycles. The van der Waals surface area contributed by atoms with Crippen molar-refractivity contribution in [1.29, 1.82) is 0 Å². The van der Waals surface area contributed by atoms with Gasteiger partial charge in [0.05, 0.1) is 24.8 Å². The summed E-state index contributed by atoms with van der Waals surface area (Å²) < 4.78 is 38.1. The number of rotatable bonds is 18. The minimum atomic E-state index is -1.44. The summed E-state index contributed by atoms with van der Waals surface area (Å²) in [5.41, 5.74) is 5.74.